The Bertz CT molecular complexity index is 165. The average molecular weight is 157 g/mol. The zero-order valence-corrected chi connectivity index (χ0v) is 6.42. The van der Waals surface area contributed by atoms with Gasteiger partial charge in [0, 0.05) is 6.42 Å². The Morgan fingerprint density at radius 3 is 2.73 bits per heavy atom. The number of carbonyl (C=O) groups is 2. The Kier molecular flexibility index (Phi) is 4.81. The van der Waals surface area contributed by atoms with Gasteiger partial charge >= 0.3 is 5.97 Å². The molecule has 62 valence electrons. The van der Waals surface area contributed by atoms with Gasteiger partial charge in [-0.05, 0) is 12.5 Å². The van der Waals surface area contributed by atoms with Gasteiger partial charge in [-0.15, -0.1) is 0 Å². The molecule has 0 aromatic carbocycles. The van der Waals surface area contributed by atoms with Crippen LogP contribution in [0.25, 0.3) is 0 Å². The Hall–Kier alpha value is -1.32. The van der Waals surface area contributed by atoms with Crippen molar-refractivity contribution in [1.82, 2.24) is 5.48 Å². The molecule has 4 heteroatoms. The average Bonchev–Trinajstić information content (AvgIpc) is 2.01. The van der Waals surface area contributed by atoms with E-state index in [1.807, 2.05) is 12.4 Å². The van der Waals surface area contributed by atoms with Gasteiger partial charge < -0.3 is 4.84 Å². The van der Waals surface area contributed by atoms with Crippen molar-refractivity contribution in [1.29, 1.82) is 0 Å². The molecule has 11 heavy (non-hydrogen) atoms. The molecule has 4 nitrogen and oxygen atoms in total. The topological polar surface area (TPSA) is 55.4 Å². The smallest absolute Gasteiger partial charge is 0.332 e. The summed E-state index contributed by atoms with van der Waals surface area (Å²) in [6.45, 7) is 5.03. The monoisotopic (exact) mass is 157 g/mol. The summed E-state index contributed by atoms with van der Waals surface area (Å²) < 4.78 is 0. The zero-order chi connectivity index (χ0) is 8.69. The highest BCUT2D eigenvalue weighted by Crippen LogP contribution is 1.88. The van der Waals surface area contributed by atoms with Gasteiger partial charge in [0.1, 0.15) is 0 Å². The van der Waals surface area contributed by atoms with E-state index in [1.54, 1.807) is 0 Å². The second-order valence-electron chi connectivity index (χ2n) is 1.89. The SMILES string of the molecule is C=CC(=O)NOC(=O)CCC. The highest BCUT2D eigenvalue weighted by Gasteiger charge is 2.01. The lowest BCUT2D eigenvalue weighted by molar-refractivity contribution is -0.156. The summed E-state index contributed by atoms with van der Waals surface area (Å²) in [6.07, 6.45) is 2.03. The highest BCUT2D eigenvalue weighted by molar-refractivity contribution is 5.87. The van der Waals surface area contributed by atoms with E-state index in [2.05, 4.69) is 11.4 Å². The maximum absolute atomic E-state index is 10.6. The number of hydroxylamine groups is 1. The number of hydrogen-bond donors (Lipinski definition) is 1. The van der Waals surface area contributed by atoms with Gasteiger partial charge in [-0.2, -0.15) is 5.48 Å². The summed E-state index contributed by atoms with van der Waals surface area (Å²) in [6, 6.07) is 0. The van der Waals surface area contributed by atoms with Crippen LogP contribution in [0.15, 0.2) is 12.7 Å². The molecule has 0 aliphatic rings. The van der Waals surface area contributed by atoms with E-state index in [9.17, 15) is 9.59 Å². The number of hydrogen-bond acceptors (Lipinski definition) is 3. The predicted octanol–water partition coefficient (Wildman–Crippen LogP) is 0.547. The third-order valence-electron chi connectivity index (χ3n) is 0.905. The van der Waals surface area contributed by atoms with E-state index in [0.717, 1.165) is 6.08 Å². The number of nitrogens with one attached hydrogen (secondary N) is 1. The van der Waals surface area contributed by atoms with Gasteiger partial charge in [-0.3, -0.25) is 4.79 Å². The van der Waals surface area contributed by atoms with Crippen LogP contribution in [-0.4, -0.2) is 11.9 Å². The maximum atomic E-state index is 10.6. The van der Waals surface area contributed by atoms with Crippen LogP contribution in [0.5, 0.6) is 0 Å². The molecular weight excluding hydrogens is 146 g/mol. The molecular formula is C7H11NO3. The lowest BCUT2D eigenvalue weighted by Crippen LogP contribution is -2.24. The molecule has 0 rings (SSSR count). The number of amides is 1. The van der Waals surface area contributed by atoms with Crippen LogP contribution in [0.3, 0.4) is 0 Å². The van der Waals surface area contributed by atoms with Crippen LogP contribution in [0, 0.1) is 0 Å². The summed E-state index contributed by atoms with van der Waals surface area (Å²) >= 11 is 0. The first-order valence-electron chi connectivity index (χ1n) is 3.32. The van der Waals surface area contributed by atoms with Gasteiger partial charge in [0.15, 0.2) is 0 Å². The Morgan fingerprint density at radius 2 is 2.27 bits per heavy atom. The molecule has 0 spiro atoms. The van der Waals surface area contributed by atoms with Crippen molar-refractivity contribution in [3.05, 3.63) is 12.7 Å². The van der Waals surface area contributed by atoms with Crippen molar-refractivity contribution in [2.24, 2.45) is 0 Å². The predicted molar refractivity (Wildman–Crippen MR) is 39.3 cm³/mol. The van der Waals surface area contributed by atoms with Crippen molar-refractivity contribution < 1.29 is 14.4 Å². The molecule has 0 radical (unpaired) electrons. The molecule has 0 heterocycles. The minimum Gasteiger partial charge on any atom is -0.341 e. The summed E-state index contributed by atoms with van der Waals surface area (Å²) in [7, 11) is 0. The van der Waals surface area contributed by atoms with Crippen LogP contribution in [0.1, 0.15) is 19.8 Å². The second-order valence-corrected chi connectivity index (χ2v) is 1.89. The molecule has 0 aromatic rings. The van der Waals surface area contributed by atoms with E-state index in [0.29, 0.717) is 12.8 Å². The van der Waals surface area contributed by atoms with E-state index < -0.39 is 11.9 Å². The molecule has 0 aliphatic carbocycles. The van der Waals surface area contributed by atoms with Crippen molar-refractivity contribution in [2.75, 3.05) is 0 Å². The lowest BCUT2D eigenvalue weighted by Gasteiger charge is -2.00. The van der Waals surface area contributed by atoms with Crippen LogP contribution in [-0.2, 0) is 14.4 Å². The fourth-order valence-corrected chi connectivity index (χ4v) is 0.404. The van der Waals surface area contributed by atoms with Crippen LogP contribution < -0.4 is 5.48 Å². The molecule has 0 unspecified atom stereocenters. The van der Waals surface area contributed by atoms with Crippen LogP contribution >= 0.6 is 0 Å². The van der Waals surface area contributed by atoms with E-state index >= 15 is 0 Å². The van der Waals surface area contributed by atoms with E-state index in [4.69, 9.17) is 0 Å². The summed E-state index contributed by atoms with van der Waals surface area (Å²) in [4.78, 5) is 25.3. The lowest BCUT2D eigenvalue weighted by atomic mass is 10.3. The summed E-state index contributed by atoms with van der Waals surface area (Å²) in [5.41, 5.74) is 1.91. The zero-order valence-electron chi connectivity index (χ0n) is 6.42. The molecule has 1 N–H and O–H groups in total. The van der Waals surface area contributed by atoms with Crippen molar-refractivity contribution in [2.45, 2.75) is 19.8 Å². The minimum absolute atomic E-state index is 0.303. The first-order valence-corrected chi connectivity index (χ1v) is 3.32. The molecule has 0 saturated heterocycles. The fourth-order valence-electron chi connectivity index (χ4n) is 0.404. The first-order chi connectivity index (χ1) is 5.20. The van der Waals surface area contributed by atoms with Crippen molar-refractivity contribution >= 4 is 11.9 Å². The second kappa shape index (κ2) is 5.46. The number of carbonyl (C=O) groups excluding carboxylic acids is 2. The van der Waals surface area contributed by atoms with E-state index in [-0.39, 0.29) is 0 Å². The van der Waals surface area contributed by atoms with Gasteiger partial charge in [-0.1, -0.05) is 13.5 Å². The normalized spacial score (nSPS) is 8.45. The largest absolute Gasteiger partial charge is 0.341 e. The van der Waals surface area contributed by atoms with Crippen molar-refractivity contribution in [3.63, 3.8) is 0 Å². The first kappa shape index (κ1) is 9.68. The third-order valence-corrected chi connectivity index (χ3v) is 0.905. The third kappa shape index (κ3) is 5.14. The minimum atomic E-state index is -0.519. The summed E-state index contributed by atoms with van der Waals surface area (Å²) in [5, 5.41) is 0. The standard InChI is InChI=1S/C7H11NO3/c1-3-5-7(10)11-8-6(9)4-2/h4H,2-3,5H2,1H3,(H,8,9). The quantitative estimate of drug-likeness (QED) is 0.480. The Labute approximate surface area is 65.2 Å². The summed E-state index contributed by atoms with van der Waals surface area (Å²) in [5.74, 6) is -0.961. The number of rotatable bonds is 3. The molecule has 0 saturated carbocycles. The molecule has 0 atom stereocenters. The van der Waals surface area contributed by atoms with Crippen molar-refractivity contribution in [3.8, 4) is 0 Å². The molecule has 0 aliphatic heterocycles. The van der Waals surface area contributed by atoms with Gasteiger partial charge in [-0.25, -0.2) is 4.79 Å². The van der Waals surface area contributed by atoms with Crippen LogP contribution in [0.4, 0.5) is 0 Å². The van der Waals surface area contributed by atoms with Crippen LogP contribution in [0.2, 0.25) is 0 Å². The maximum Gasteiger partial charge on any atom is 0.332 e. The molecule has 0 bridgehead atoms. The van der Waals surface area contributed by atoms with E-state index in [1.165, 1.54) is 0 Å². The molecule has 0 fully saturated rings. The molecule has 0 aromatic heterocycles. The van der Waals surface area contributed by atoms with Gasteiger partial charge in [0.2, 0.25) is 0 Å². The van der Waals surface area contributed by atoms with Gasteiger partial charge in [0.25, 0.3) is 5.91 Å². The Balaban J connectivity index is 3.45. The fraction of sp³-hybridized carbons (Fsp3) is 0.429. The van der Waals surface area contributed by atoms with Gasteiger partial charge in [0.05, 0.1) is 0 Å². The highest BCUT2D eigenvalue weighted by atomic mass is 16.7. The Morgan fingerprint density at radius 1 is 1.64 bits per heavy atom. The molecule has 1 amide bonds.